The third-order valence-corrected chi connectivity index (χ3v) is 2.80. The van der Waals surface area contributed by atoms with Crippen LogP contribution >= 0.6 is 0 Å². The van der Waals surface area contributed by atoms with Crippen molar-refractivity contribution in [1.82, 2.24) is 10.6 Å². The molecule has 0 aromatic heterocycles. The molecule has 9 nitrogen and oxygen atoms in total. The van der Waals surface area contributed by atoms with Crippen molar-refractivity contribution in [1.29, 1.82) is 0 Å². The summed E-state index contributed by atoms with van der Waals surface area (Å²) in [6, 6.07) is 2.91. The molecule has 1 rings (SSSR count). The molecular formula is C14H19N3O6. The zero-order valence-electron chi connectivity index (χ0n) is 13.1. The van der Waals surface area contributed by atoms with Gasteiger partial charge in [-0.1, -0.05) is 0 Å². The fraction of sp³-hybridized carbons (Fsp3) is 0.357. The Morgan fingerprint density at radius 1 is 0.957 bits per heavy atom. The lowest BCUT2D eigenvalue weighted by atomic mass is 10.1. The Hall–Kier alpha value is -2.97. The molecule has 0 radical (unpaired) electrons. The van der Waals surface area contributed by atoms with Crippen LogP contribution in [0.3, 0.4) is 0 Å². The Labute approximate surface area is 133 Å². The van der Waals surface area contributed by atoms with Gasteiger partial charge in [0.25, 0.3) is 5.91 Å². The second-order valence-corrected chi connectivity index (χ2v) is 4.34. The molecule has 0 aliphatic carbocycles. The van der Waals surface area contributed by atoms with Crippen molar-refractivity contribution in [2.45, 2.75) is 0 Å². The lowest BCUT2D eigenvalue weighted by molar-refractivity contribution is -0.124. The standard InChI is InChI=1S/C14H19N3O6/c1-21-9-4-8(5-10(22-2)13(9)23-3)14(20)17-7-12(19)16-6-11(15)18/h4-5H,6-7H2,1-3H3,(H2,15,18)(H,16,19)(H,17,20). The molecule has 126 valence electrons. The van der Waals surface area contributed by atoms with E-state index in [-0.39, 0.29) is 18.7 Å². The van der Waals surface area contributed by atoms with Gasteiger partial charge in [0.1, 0.15) is 0 Å². The van der Waals surface area contributed by atoms with Crippen molar-refractivity contribution in [3.8, 4) is 17.2 Å². The van der Waals surface area contributed by atoms with Crippen molar-refractivity contribution in [2.75, 3.05) is 34.4 Å². The summed E-state index contributed by atoms with van der Waals surface area (Å²) in [5.74, 6) is -0.742. The summed E-state index contributed by atoms with van der Waals surface area (Å²) in [6.07, 6.45) is 0. The van der Waals surface area contributed by atoms with Gasteiger partial charge in [-0.05, 0) is 12.1 Å². The fourth-order valence-electron chi connectivity index (χ4n) is 1.72. The number of amides is 3. The molecule has 0 atom stereocenters. The number of rotatable bonds is 8. The predicted molar refractivity (Wildman–Crippen MR) is 80.6 cm³/mol. The minimum Gasteiger partial charge on any atom is -0.493 e. The van der Waals surface area contributed by atoms with Crippen LogP contribution in [0.1, 0.15) is 10.4 Å². The molecule has 4 N–H and O–H groups in total. The van der Waals surface area contributed by atoms with Gasteiger partial charge in [0, 0.05) is 5.56 Å². The number of hydrogen-bond donors (Lipinski definition) is 3. The van der Waals surface area contributed by atoms with Crippen molar-refractivity contribution in [2.24, 2.45) is 5.73 Å². The van der Waals surface area contributed by atoms with E-state index in [1.165, 1.54) is 33.5 Å². The van der Waals surface area contributed by atoms with Crippen molar-refractivity contribution >= 4 is 17.7 Å². The molecule has 0 saturated heterocycles. The third kappa shape index (κ3) is 5.06. The zero-order chi connectivity index (χ0) is 17.4. The van der Waals surface area contributed by atoms with E-state index in [0.717, 1.165) is 0 Å². The van der Waals surface area contributed by atoms with E-state index in [1.54, 1.807) is 0 Å². The van der Waals surface area contributed by atoms with Gasteiger partial charge in [-0.2, -0.15) is 0 Å². The van der Waals surface area contributed by atoms with Gasteiger partial charge in [0.2, 0.25) is 17.6 Å². The number of benzene rings is 1. The van der Waals surface area contributed by atoms with Gasteiger partial charge in [-0.25, -0.2) is 0 Å². The molecule has 0 heterocycles. The van der Waals surface area contributed by atoms with E-state index in [2.05, 4.69) is 10.6 Å². The van der Waals surface area contributed by atoms with Crippen LogP contribution in [0.5, 0.6) is 17.2 Å². The maximum absolute atomic E-state index is 12.1. The van der Waals surface area contributed by atoms with Gasteiger partial charge in [-0.3, -0.25) is 14.4 Å². The van der Waals surface area contributed by atoms with Gasteiger partial charge >= 0.3 is 0 Å². The summed E-state index contributed by atoms with van der Waals surface area (Å²) in [6.45, 7) is -0.596. The summed E-state index contributed by atoms with van der Waals surface area (Å²) < 4.78 is 15.4. The molecule has 0 aliphatic rings. The number of methoxy groups -OCH3 is 3. The molecule has 0 unspecified atom stereocenters. The quantitative estimate of drug-likeness (QED) is 0.565. The first-order chi connectivity index (χ1) is 10.9. The van der Waals surface area contributed by atoms with Crippen molar-refractivity contribution in [3.05, 3.63) is 17.7 Å². The van der Waals surface area contributed by atoms with Gasteiger partial charge < -0.3 is 30.6 Å². The van der Waals surface area contributed by atoms with Crippen LogP contribution in [0.2, 0.25) is 0 Å². The topological polar surface area (TPSA) is 129 Å². The van der Waals surface area contributed by atoms with Crippen LogP contribution in [-0.4, -0.2) is 52.1 Å². The number of nitrogens with two attached hydrogens (primary N) is 1. The molecular weight excluding hydrogens is 306 g/mol. The van der Waals surface area contributed by atoms with Crippen molar-refractivity contribution < 1.29 is 28.6 Å². The highest BCUT2D eigenvalue weighted by atomic mass is 16.5. The molecule has 9 heteroatoms. The Kier molecular flexibility index (Phi) is 6.66. The number of hydrogen-bond acceptors (Lipinski definition) is 6. The Morgan fingerprint density at radius 2 is 1.52 bits per heavy atom. The summed E-state index contributed by atoms with van der Waals surface area (Å²) >= 11 is 0. The normalized spacial score (nSPS) is 9.70. The number of ether oxygens (including phenoxy) is 3. The average Bonchev–Trinajstić information content (AvgIpc) is 2.56. The van der Waals surface area contributed by atoms with Crippen LogP contribution in [0.25, 0.3) is 0 Å². The highest BCUT2D eigenvalue weighted by Gasteiger charge is 2.17. The Bertz CT molecular complexity index is 577. The van der Waals surface area contributed by atoms with E-state index in [1.807, 2.05) is 0 Å². The smallest absolute Gasteiger partial charge is 0.251 e. The highest BCUT2D eigenvalue weighted by Crippen LogP contribution is 2.38. The number of carbonyl (C=O) groups is 3. The maximum atomic E-state index is 12.1. The SMILES string of the molecule is COc1cc(C(=O)NCC(=O)NCC(N)=O)cc(OC)c1OC. The Morgan fingerprint density at radius 3 is 1.96 bits per heavy atom. The number of nitrogens with one attached hydrogen (secondary N) is 2. The first kappa shape index (κ1) is 18.1. The largest absolute Gasteiger partial charge is 0.493 e. The molecule has 1 aromatic carbocycles. The molecule has 0 fully saturated rings. The summed E-state index contributed by atoms with van der Waals surface area (Å²) in [4.78, 5) is 34.1. The summed E-state index contributed by atoms with van der Waals surface area (Å²) in [5, 5.41) is 4.66. The lowest BCUT2D eigenvalue weighted by Gasteiger charge is -2.14. The van der Waals surface area contributed by atoms with Crippen molar-refractivity contribution in [3.63, 3.8) is 0 Å². The molecule has 1 aromatic rings. The molecule has 3 amide bonds. The van der Waals surface area contributed by atoms with Crippen LogP contribution < -0.4 is 30.6 Å². The minimum absolute atomic E-state index is 0.224. The molecule has 0 saturated carbocycles. The van der Waals surface area contributed by atoms with E-state index in [4.69, 9.17) is 19.9 Å². The van der Waals surface area contributed by atoms with E-state index >= 15 is 0 Å². The second kappa shape index (κ2) is 8.47. The summed E-state index contributed by atoms with van der Waals surface area (Å²) in [7, 11) is 4.30. The molecule has 0 aliphatic heterocycles. The highest BCUT2D eigenvalue weighted by molar-refractivity contribution is 5.98. The van der Waals surface area contributed by atoms with E-state index < -0.39 is 17.7 Å². The van der Waals surface area contributed by atoms with Gasteiger partial charge in [0.05, 0.1) is 34.4 Å². The number of primary amides is 1. The van der Waals surface area contributed by atoms with Gasteiger partial charge in [0.15, 0.2) is 11.5 Å². The summed E-state index contributed by atoms with van der Waals surface area (Å²) in [5.41, 5.74) is 5.12. The number of carbonyl (C=O) groups excluding carboxylic acids is 3. The van der Waals surface area contributed by atoms with Crippen LogP contribution in [0, 0.1) is 0 Å². The maximum Gasteiger partial charge on any atom is 0.251 e. The lowest BCUT2D eigenvalue weighted by Crippen LogP contribution is -2.40. The minimum atomic E-state index is -0.672. The third-order valence-electron chi connectivity index (χ3n) is 2.80. The Balaban J connectivity index is 2.80. The fourth-order valence-corrected chi connectivity index (χ4v) is 1.72. The van der Waals surface area contributed by atoms with E-state index in [9.17, 15) is 14.4 Å². The average molecular weight is 325 g/mol. The zero-order valence-corrected chi connectivity index (χ0v) is 13.1. The molecule has 0 spiro atoms. The van der Waals surface area contributed by atoms with Crippen LogP contribution in [-0.2, 0) is 9.59 Å². The monoisotopic (exact) mass is 325 g/mol. The second-order valence-electron chi connectivity index (χ2n) is 4.34. The first-order valence-electron chi connectivity index (χ1n) is 6.56. The van der Waals surface area contributed by atoms with Crippen LogP contribution in [0.15, 0.2) is 12.1 Å². The van der Waals surface area contributed by atoms with Gasteiger partial charge in [-0.15, -0.1) is 0 Å². The molecule has 23 heavy (non-hydrogen) atoms. The predicted octanol–water partition coefficient (Wildman–Crippen LogP) is -0.956. The first-order valence-corrected chi connectivity index (χ1v) is 6.56. The molecule has 0 bridgehead atoms. The van der Waals surface area contributed by atoms with E-state index in [0.29, 0.717) is 17.2 Å². The van der Waals surface area contributed by atoms with Crippen LogP contribution in [0.4, 0.5) is 0 Å².